The average molecular weight is 1000 g/mol. The van der Waals surface area contributed by atoms with Crippen LogP contribution < -0.4 is 20.1 Å². The van der Waals surface area contributed by atoms with E-state index in [9.17, 15) is 56.4 Å². The number of hydrogen-bond acceptors (Lipinski definition) is 15. The van der Waals surface area contributed by atoms with Crippen molar-refractivity contribution in [1.82, 2.24) is 30.3 Å². The molecule has 0 aliphatic carbocycles. The standard InChI is InChI=1S/C46H65N7O14S2/c1-9-27(4)41(50-43(59)34-13-10-11-19-51(34)7)45(60)52(8)35(26(2)3)24-37(66-29(6)54)44-49-33(25-68-44)42(58)47-31(21-28(5)46(61)62)22-30-15-16-36(67-69(63,64)65)32(23-30)48-38(55)14-12-20-53-39(56)17-18-40(53)57/h15-18,23,25-28,31,34-35,37,41H,9-14,19-22,24H2,1-8H3,(H,47,58)(H,48,55)(H,50,59)(H,61,62)(H,63,64,65)/t27-,28?,31+,34?,35+,37+,41?/m0/s1. The minimum absolute atomic E-state index is 0.0521. The van der Waals surface area contributed by atoms with Gasteiger partial charge in [-0.1, -0.05) is 53.5 Å². The van der Waals surface area contributed by atoms with Crippen LogP contribution in [0.25, 0.3) is 0 Å². The van der Waals surface area contributed by atoms with Crippen LogP contribution in [0.1, 0.15) is 120 Å². The Hall–Kier alpha value is -5.78. The van der Waals surface area contributed by atoms with Crippen LogP contribution in [0.2, 0.25) is 0 Å². The molecule has 1 saturated heterocycles. The van der Waals surface area contributed by atoms with Crippen molar-refractivity contribution in [3.63, 3.8) is 0 Å². The molecule has 0 radical (unpaired) electrons. The Morgan fingerprint density at radius 2 is 1.70 bits per heavy atom. The Balaban J connectivity index is 1.54. The van der Waals surface area contributed by atoms with Gasteiger partial charge in [0.25, 0.3) is 17.7 Å². The summed E-state index contributed by atoms with van der Waals surface area (Å²) in [5.74, 6) is -6.45. The van der Waals surface area contributed by atoms with Crippen LogP contribution in [0, 0.1) is 17.8 Å². The summed E-state index contributed by atoms with van der Waals surface area (Å²) >= 11 is 1.05. The Morgan fingerprint density at radius 3 is 2.29 bits per heavy atom. The van der Waals surface area contributed by atoms with E-state index in [1.165, 1.54) is 31.4 Å². The van der Waals surface area contributed by atoms with Gasteiger partial charge in [0.05, 0.1) is 17.6 Å². The first kappa shape index (κ1) is 55.8. The number of thiazole rings is 1. The number of carbonyl (C=O) groups excluding carboxylic acids is 7. The molecular weight excluding hydrogens is 939 g/mol. The molecular formula is C46H65N7O14S2. The lowest BCUT2D eigenvalue weighted by Gasteiger charge is -2.38. The highest BCUT2D eigenvalue weighted by molar-refractivity contribution is 7.81. The summed E-state index contributed by atoms with van der Waals surface area (Å²) in [4.78, 5) is 112. The van der Waals surface area contributed by atoms with Crippen molar-refractivity contribution in [3.8, 4) is 5.75 Å². The van der Waals surface area contributed by atoms with E-state index in [0.29, 0.717) is 18.4 Å². The molecule has 380 valence electrons. The maximum Gasteiger partial charge on any atom is 0.446 e. The molecule has 4 rings (SSSR count). The van der Waals surface area contributed by atoms with Crippen molar-refractivity contribution in [2.45, 2.75) is 130 Å². The second kappa shape index (κ2) is 25.2. The number of ether oxygens (including phenoxy) is 1. The molecule has 0 bridgehead atoms. The summed E-state index contributed by atoms with van der Waals surface area (Å²) in [5.41, 5.74) is 0.108. The molecule has 21 nitrogen and oxygen atoms in total. The molecule has 0 spiro atoms. The number of likely N-dealkylation sites (tertiary alicyclic amines) is 1. The smallest absolute Gasteiger partial charge is 0.446 e. The van der Waals surface area contributed by atoms with E-state index >= 15 is 0 Å². The van der Waals surface area contributed by atoms with Gasteiger partial charge in [0, 0.05) is 63.0 Å². The molecule has 3 heterocycles. The Morgan fingerprint density at radius 1 is 1.01 bits per heavy atom. The van der Waals surface area contributed by atoms with Gasteiger partial charge < -0.3 is 34.9 Å². The summed E-state index contributed by atoms with van der Waals surface area (Å²) in [6, 6.07) is 1.31. The molecule has 23 heteroatoms. The molecule has 1 fully saturated rings. The van der Waals surface area contributed by atoms with Gasteiger partial charge in [-0.05, 0) is 75.2 Å². The minimum Gasteiger partial charge on any atom is -0.481 e. The van der Waals surface area contributed by atoms with E-state index < -0.39 is 81.9 Å². The summed E-state index contributed by atoms with van der Waals surface area (Å²) in [7, 11) is -1.51. The number of nitrogens with one attached hydrogen (secondary N) is 3. The third kappa shape index (κ3) is 16.4. The van der Waals surface area contributed by atoms with Gasteiger partial charge in [-0.15, -0.1) is 11.3 Å². The number of carboxylic acid groups (broad SMARTS) is 1. The van der Waals surface area contributed by atoms with Crippen LogP contribution in [0.5, 0.6) is 5.75 Å². The summed E-state index contributed by atoms with van der Waals surface area (Å²) < 4.78 is 43.2. The number of piperidine rings is 1. The number of amides is 6. The summed E-state index contributed by atoms with van der Waals surface area (Å²) in [6.45, 7) is 11.1. The lowest BCUT2D eigenvalue weighted by Crippen LogP contribution is -2.58. The SMILES string of the molecule is CC[C@H](C)C(NC(=O)C1CCCCN1C)C(=O)N(C)[C@H](C[C@@H](OC(C)=O)c1nc(C(=O)N[C@@H](Cc2ccc(OS(=O)(=O)O)c(NC(=O)CCCN3C(=O)C=CC3=O)c2)CC(C)C(=O)O)cs1)C(C)C. The zero-order chi connectivity index (χ0) is 51.3. The van der Waals surface area contributed by atoms with E-state index in [2.05, 4.69) is 25.1 Å². The maximum absolute atomic E-state index is 14.3. The molecule has 0 saturated carbocycles. The lowest BCUT2D eigenvalue weighted by molar-refractivity contribution is -0.149. The Bertz CT molecular complexity index is 2340. The third-order valence-corrected chi connectivity index (χ3v) is 13.7. The lowest BCUT2D eigenvalue weighted by atomic mass is 9.92. The number of aliphatic carboxylic acids is 1. The van der Waals surface area contributed by atoms with E-state index in [0.717, 1.165) is 53.8 Å². The van der Waals surface area contributed by atoms with Crippen molar-refractivity contribution in [2.75, 3.05) is 32.5 Å². The van der Waals surface area contributed by atoms with Crippen molar-refractivity contribution >= 4 is 74.8 Å². The van der Waals surface area contributed by atoms with Crippen LogP contribution in [0.4, 0.5) is 5.69 Å². The third-order valence-electron chi connectivity index (χ3n) is 12.3. The molecule has 2 aliphatic heterocycles. The van der Waals surface area contributed by atoms with Gasteiger partial charge in [0.1, 0.15) is 16.7 Å². The minimum atomic E-state index is -5.06. The number of anilines is 1. The van der Waals surface area contributed by atoms with Crippen LogP contribution in [-0.4, -0.2) is 136 Å². The van der Waals surface area contributed by atoms with Gasteiger partial charge in [-0.2, -0.15) is 8.42 Å². The van der Waals surface area contributed by atoms with Crippen molar-refractivity contribution in [2.24, 2.45) is 17.8 Å². The fourth-order valence-corrected chi connectivity index (χ4v) is 9.48. The number of aromatic nitrogens is 1. The van der Waals surface area contributed by atoms with Crippen molar-refractivity contribution in [1.29, 1.82) is 0 Å². The van der Waals surface area contributed by atoms with Gasteiger partial charge >= 0.3 is 22.3 Å². The monoisotopic (exact) mass is 1000 g/mol. The van der Waals surface area contributed by atoms with Crippen LogP contribution >= 0.6 is 11.3 Å². The predicted octanol–water partition coefficient (Wildman–Crippen LogP) is 3.91. The Kier molecular flexibility index (Phi) is 20.4. The number of esters is 1. The van der Waals surface area contributed by atoms with E-state index in [4.69, 9.17) is 4.74 Å². The number of imide groups is 1. The van der Waals surface area contributed by atoms with Gasteiger partial charge in [0.2, 0.25) is 17.7 Å². The number of benzene rings is 1. The Labute approximate surface area is 406 Å². The molecule has 7 atom stereocenters. The number of likely N-dealkylation sites (N-methyl/N-ethyl adjacent to an activating group) is 2. The number of nitrogens with zero attached hydrogens (tertiary/aromatic N) is 4. The van der Waals surface area contributed by atoms with Crippen LogP contribution in [0.15, 0.2) is 35.7 Å². The molecule has 2 aromatic rings. The van der Waals surface area contributed by atoms with Gasteiger partial charge in [-0.3, -0.25) is 52.7 Å². The summed E-state index contributed by atoms with van der Waals surface area (Å²) in [5, 5.41) is 19.9. The van der Waals surface area contributed by atoms with Crippen molar-refractivity contribution < 1.29 is 65.4 Å². The number of hydrogen-bond donors (Lipinski definition) is 5. The normalized spacial score (nSPS) is 17.9. The molecule has 1 aromatic heterocycles. The maximum atomic E-state index is 14.3. The van der Waals surface area contributed by atoms with Gasteiger partial charge in [-0.25, -0.2) is 4.98 Å². The average Bonchev–Trinajstić information content (AvgIpc) is 3.90. The number of carbonyl (C=O) groups is 8. The quantitative estimate of drug-likeness (QED) is 0.0535. The van der Waals surface area contributed by atoms with Gasteiger partial charge in [0.15, 0.2) is 11.9 Å². The number of rotatable bonds is 25. The highest BCUT2D eigenvalue weighted by Crippen LogP contribution is 2.32. The fourth-order valence-electron chi connectivity index (χ4n) is 8.27. The molecule has 3 unspecified atom stereocenters. The second-order valence-electron chi connectivity index (χ2n) is 18.0. The zero-order valence-electron chi connectivity index (χ0n) is 40.3. The highest BCUT2D eigenvalue weighted by Gasteiger charge is 2.37. The predicted molar refractivity (Wildman–Crippen MR) is 253 cm³/mol. The van der Waals surface area contributed by atoms with E-state index in [-0.39, 0.29) is 84.7 Å². The highest BCUT2D eigenvalue weighted by atomic mass is 32.3. The van der Waals surface area contributed by atoms with Crippen LogP contribution in [-0.2, 0) is 55.1 Å². The largest absolute Gasteiger partial charge is 0.481 e. The number of carboxylic acids is 1. The van der Waals surface area contributed by atoms with E-state index in [1.807, 2.05) is 39.6 Å². The zero-order valence-corrected chi connectivity index (χ0v) is 41.9. The van der Waals surface area contributed by atoms with Crippen molar-refractivity contribution in [3.05, 3.63) is 52.0 Å². The fraction of sp³-hybridized carbons (Fsp3) is 0.587. The topological polar surface area (TPSA) is 288 Å². The first-order valence-corrected chi connectivity index (χ1v) is 25.2. The molecule has 5 N–H and O–H groups in total. The summed E-state index contributed by atoms with van der Waals surface area (Å²) in [6.07, 6.45) is 4.26. The first-order chi connectivity index (χ1) is 32.4. The molecule has 2 aliphatic rings. The van der Waals surface area contributed by atoms with E-state index in [1.54, 1.807) is 11.9 Å². The first-order valence-electron chi connectivity index (χ1n) is 23.0. The molecule has 6 amide bonds. The molecule has 69 heavy (non-hydrogen) atoms. The van der Waals surface area contributed by atoms with Crippen LogP contribution in [0.3, 0.4) is 0 Å². The second-order valence-corrected chi connectivity index (χ2v) is 19.9. The molecule has 1 aromatic carbocycles.